The SMILES string of the molecule is Cc1c([N+](=O)[O-])c2c3c(ccc4cccc1c43)C(Cc1ccc(F)cc1)CC=2C(F)(F)F. The van der Waals surface area contributed by atoms with E-state index in [2.05, 4.69) is 0 Å². The summed E-state index contributed by atoms with van der Waals surface area (Å²) >= 11 is 0. The summed E-state index contributed by atoms with van der Waals surface area (Å²) in [6, 6.07) is 14.6. The number of hydrogen-bond acceptors (Lipinski definition) is 2. The first-order valence-electron chi connectivity index (χ1n) is 10.1. The molecule has 0 aromatic heterocycles. The molecule has 1 aliphatic carbocycles. The van der Waals surface area contributed by atoms with Gasteiger partial charge in [0.2, 0.25) is 0 Å². The highest BCUT2D eigenvalue weighted by Gasteiger charge is 2.42. The van der Waals surface area contributed by atoms with Gasteiger partial charge in [-0.3, -0.25) is 10.1 Å². The lowest BCUT2D eigenvalue weighted by atomic mass is 9.76. The van der Waals surface area contributed by atoms with Crippen molar-refractivity contribution in [1.82, 2.24) is 0 Å². The van der Waals surface area contributed by atoms with Crippen molar-refractivity contribution in [2.24, 2.45) is 0 Å². The van der Waals surface area contributed by atoms with Gasteiger partial charge < -0.3 is 0 Å². The molecule has 0 spiro atoms. The summed E-state index contributed by atoms with van der Waals surface area (Å²) in [5, 5.41) is 13.9. The first kappa shape index (κ1) is 20.4. The van der Waals surface area contributed by atoms with Gasteiger partial charge in [0.25, 0.3) is 5.69 Å². The normalized spacial score (nSPS) is 16.2. The van der Waals surface area contributed by atoms with E-state index >= 15 is 0 Å². The zero-order valence-corrected chi connectivity index (χ0v) is 17.0. The standard InChI is InChI=1S/C25H17F4NO2/c1-13-18-4-2-3-15-7-10-19-16(11-14-5-8-17(26)9-6-14)12-20(25(27,28)29)23(22(19)21(15)18)24(13)30(31)32/h2-10,16H,11-12H2,1H3. The van der Waals surface area contributed by atoms with Crippen molar-refractivity contribution in [3.8, 4) is 0 Å². The molecule has 7 heteroatoms. The van der Waals surface area contributed by atoms with Crippen LogP contribution in [0.15, 0.2) is 54.6 Å². The molecule has 32 heavy (non-hydrogen) atoms. The Hall–Kier alpha value is -3.48. The van der Waals surface area contributed by atoms with Crippen LogP contribution in [0.4, 0.5) is 23.2 Å². The van der Waals surface area contributed by atoms with Crippen molar-refractivity contribution in [3.05, 3.63) is 92.4 Å². The molecular formula is C25H17F4NO2. The molecule has 4 aromatic rings. The maximum absolute atomic E-state index is 14.3. The third-order valence-electron chi connectivity index (χ3n) is 6.44. The predicted octanol–water partition coefficient (Wildman–Crippen LogP) is 6.51. The quantitative estimate of drug-likeness (QED) is 0.207. The Morgan fingerprint density at radius 1 is 1.03 bits per heavy atom. The predicted molar refractivity (Wildman–Crippen MR) is 115 cm³/mol. The van der Waals surface area contributed by atoms with Gasteiger partial charge in [0.05, 0.1) is 10.1 Å². The molecule has 0 fully saturated rings. The van der Waals surface area contributed by atoms with E-state index in [0.29, 0.717) is 27.3 Å². The van der Waals surface area contributed by atoms with Crippen LogP contribution in [0.1, 0.15) is 29.0 Å². The third-order valence-corrected chi connectivity index (χ3v) is 6.44. The van der Waals surface area contributed by atoms with E-state index in [4.69, 9.17) is 0 Å². The van der Waals surface area contributed by atoms with Crippen LogP contribution in [0, 0.1) is 22.9 Å². The van der Waals surface area contributed by atoms with Crippen molar-refractivity contribution in [2.45, 2.75) is 31.9 Å². The molecular weight excluding hydrogens is 422 g/mol. The Balaban J connectivity index is 1.91. The minimum atomic E-state index is -4.72. The van der Waals surface area contributed by atoms with Gasteiger partial charge >= 0.3 is 6.18 Å². The van der Waals surface area contributed by atoms with Crippen LogP contribution >= 0.6 is 0 Å². The van der Waals surface area contributed by atoms with E-state index in [9.17, 15) is 27.7 Å². The highest BCUT2D eigenvalue weighted by Crippen LogP contribution is 2.45. The second kappa shape index (κ2) is 7.02. The highest BCUT2D eigenvalue weighted by molar-refractivity contribution is 6.15. The van der Waals surface area contributed by atoms with Crippen LogP contribution in [0.25, 0.3) is 27.1 Å². The minimum Gasteiger partial charge on any atom is -0.258 e. The summed E-state index contributed by atoms with van der Waals surface area (Å²) < 4.78 is 56.1. The first-order valence-corrected chi connectivity index (χ1v) is 10.1. The largest absolute Gasteiger partial charge is 0.413 e. The van der Waals surface area contributed by atoms with Crippen LogP contribution in [0.5, 0.6) is 0 Å². The van der Waals surface area contributed by atoms with Gasteiger partial charge in [0.15, 0.2) is 0 Å². The molecule has 162 valence electrons. The average Bonchev–Trinajstić information content (AvgIpc) is 2.74. The Kier molecular flexibility index (Phi) is 4.48. The molecule has 5 rings (SSSR count). The lowest BCUT2D eigenvalue weighted by Gasteiger charge is -2.28. The van der Waals surface area contributed by atoms with Crippen molar-refractivity contribution in [1.29, 1.82) is 0 Å². The molecule has 0 radical (unpaired) electrons. The molecule has 1 unspecified atom stereocenters. The number of hydrogen-bond donors (Lipinski definition) is 0. The Bertz CT molecular complexity index is 1460. The monoisotopic (exact) mass is 439 g/mol. The van der Waals surface area contributed by atoms with Crippen LogP contribution in [0.3, 0.4) is 0 Å². The summed E-state index contributed by atoms with van der Waals surface area (Å²) in [7, 11) is 0. The number of rotatable bonds is 3. The average molecular weight is 439 g/mol. The third kappa shape index (κ3) is 3.03. The molecule has 0 saturated heterocycles. The maximum atomic E-state index is 14.3. The van der Waals surface area contributed by atoms with E-state index in [1.165, 1.54) is 19.1 Å². The smallest absolute Gasteiger partial charge is 0.258 e. The Morgan fingerprint density at radius 2 is 1.75 bits per heavy atom. The Morgan fingerprint density at radius 3 is 2.41 bits per heavy atom. The second-order valence-electron chi connectivity index (χ2n) is 8.25. The van der Waals surface area contributed by atoms with E-state index in [1.807, 2.05) is 6.07 Å². The number of benzene rings is 4. The number of nitro groups is 1. The fourth-order valence-corrected chi connectivity index (χ4v) is 5.08. The Labute approximate surface area is 180 Å². The van der Waals surface area contributed by atoms with Gasteiger partial charge in [-0.05, 0) is 65.1 Å². The molecule has 1 aliphatic rings. The van der Waals surface area contributed by atoms with Crippen molar-refractivity contribution >= 4 is 32.8 Å². The zero-order chi connectivity index (χ0) is 22.8. The van der Waals surface area contributed by atoms with Gasteiger partial charge in [-0.15, -0.1) is 0 Å². The lowest BCUT2D eigenvalue weighted by molar-refractivity contribution is -0.386. The summed E-state index contributed by atoms with van der Waals surface area (Å²) in [4.78, 5) is 11.3. The van der Waals surface area contributed by atoms with Gasteiger partial charge in [-0.1, -0.05) is 42.5 Å². The molecule has 0 amide bonds. The summed E-state index contributed by atoms with van der Waals surface area (Å²) in [5.41, 5.74) is 0.247. The van der Waals surface area contributed by atoms with Crippen LogP contribution < -0.4 is 5.22 Å². The van der Waals surface area contributed by atoms with Crippen LogP contribution in [-0.2, 0) is 6.42 Å². The molecule has 0 bridgehead atoms. The van der Waals surface area contributed by atoms with E-state index < -0.39 is 34.1 Å². The minimum absolute atomic E-state index is 0.235. The fraction of sp³-hybridized carbons (Fsp3) is 0.200. The van der Waals surface area contributed by atoms with Crippen molar-refractivity contribution in [2.75, 3.05) is 0 Å². The van der Waals surface area contributed by atoms with Gasteiger partial charge in [0, 0.05) is 16.5 Å². The lowest BCUT2D eigenvalue weighted by Crippen LogP contribution is -2.30. The number of aryl methyl sites for hydroxylation is 1. The molecule has 0 heterocycles. The summed E-state index contributed by atoms with van der Waals surface area (Å²) in [5.74, 6) is -0.961. The van der Waals surface area contributed by atoms with Crippen LogP contribution in [0.2, 0.25) is 0 Å². The van der Waals surface area contributed by atoms with Gasteiger partial charge in [-0.25, -0.2) is 4.39 Å². The van der Waals surface area contributed by atoms with Gasteiger partial charge in [0.1, 0.15) is 5.82 Å². The number of alkyl halides is 3. The molecule has 0 N–H and O–H groups in total. The molecule has 0 saturated carbocycles. The number of halogens is 4. The first-order chi connectivity index (χ1) is 15.2. The zero-order valence-electron chi connectivity index (χ0n) is 17.0. The van der Waals surface area contributed by atoms with E-state index in [1.54, 1.807) is 36.4 Å². The van der Waals surface area contributed by atoms with Crippen molar-refractivity contribution < 1.29 is 22.5 Å². The van der Waals surface area contributed by atoms with E-state index in [-0.39, 0.29) is 23.6 Å². The summed E-state index contributed by atoms with van der Waals surface area (Å²) in [6.45, 7) is 1.51. The number of nitrogens with zero attached hydrogens (tertiary/aromatic N) is 1. The van der Waals surface area contributed by atoms with E-state index in [0.717, 1.165) is 5.39 Å². The molecule has 0 aliphatic heterocycles. The fourth-order valence-electron chi connectivity index (χ4n) is 5.08. The summed E-state index contributed by atoms with van der Waals surface area (Å²) in [6.07, 6.45) is -4.82. The molecule has 4 aromatic carbocycles. The molecule has 3 nitrogen and oxygen atoms in total. The highest BCUT2D eigenvalue weighted by atomic mass is 19.4. The number of nitro benzene ring substituents is 1. The topological polar surface area (TPSA) is 43.1 Å². The van der Waals surface area contributed by atoms with Crippen LogP contribution in [-0.4, -0.2) is 11.1 Å². The van der Waals surface area contributed by atoms with Crippen molar-refractivity contribution in [3.63, 3.8) is 0 Å². The second-order valence-corrected chi connectivity index (χ2v) is 8.25. The molecule has 1 atom stereocenters. The maximum Gasteiger partial charge on any atom is 0.413 e. The van der Waals surface area contributed by atoms with Gasteiger partial charge in [-0.2, -0.15) is 13.2 Å².